The molecule has 0 radical (unpaired) electrons. The van der Waals surface area contributed by atoms with Crippen molar-refractivity contribution in [2.75, 3.05) is 0 Å². The van der Waals surface area contributed by atoms with Gasteiger partial charge in [-0.15, -0.1) is 0 Å². The van der Waals surface area contributed by atoms with E-state index >= 15 is 0 Å². The summed E-state index contributed by atoms with van der Waals surface area (Å²) in [5.74, 6) is -1.72. The van der Waals surface area contributed by atoms with Crippen LogP contribution in [0.25, 0.3) is 11.3 Å². The normalized spacial score (nSPS) is 10.4. The van der Waals surface area contributed by atoms with Crippen molar-refractivity contribution in [3.8, 4) is 11.3 Å². The zero-order chi connectivity index (χ0) is 11.7. The Morgan fingerprint density at radius 3 is 2.75 bits per heavy atom. The second-order valence-electron chi connectivity index (χ2n) is 3.34. The zero-order valence-corrected chi connectivity index (χ0v) is 8.51. The number of carboxylic acid groups (broad SMARTS) is 1. The molecule has 0 unspecified atom stereocenters. The van der Waals surface area contributed by atoms with Crippen LogP contribution in [0, 0.1) is 5.82 Å². The van der Waals surface area contributed by atoms with Crippen LogP contribution >= 0.6 is 0 Å². The van der Waals surface area contributed by atoms with Gasteiger partial charge in [0.2, 0.25) is 0 Å². The number of carbonyl (C=O) groups is 1. The highest BCUT2D eigenvalue weighted by Gasteiger charge is 2.14. The number of aromatic carboxylic acids is 1. The maximum absolute atomic E-state index is 13.0. The van der Waals surface area contributed by atoms with Crippen molar-refractivity contribution in [1.29, 1.82) is 0 Å². The Morgan fingerprint density at radius 1 is 1.44 bits per heavy atom. The molecule has 0 saturated heterocycles. The van der Waals surface area contributed by atoms with Crippen LogP contribution < -0.4 is 0 Å². The molecular weight excluding hydrogens is 211 g/mol. The third kappa shape index (κ3) is 1.67. The number of hydrogen-bond acceptors (Lipinski definition) is 2. The van der Waals surface area contributed by atoms with Gasteiger partial charge in [-0.3, -0.25) is 4.68 Å². The van der Waals surface area contributed by atoms with Gasteiger partial charge in [-0.05, 0) is 24.3 Å². The van der Waals surface area contributed by atoms with Gasteiger partial charge >= 0.3 is 5.97 Å². The van der Waals surface area contributed by atoms with E-state index in [1.165, 1.54) is 12.1 Å². The predicted octanol–water partition coefficient (Wildman–Crippen LogP) is 1.92. The largest absolute Gasteiger partial charge is 0.478 e. The number of benzene rings is 1. The molecule has 0 fully saturated rings. The third-order valence-electron chi connectivity index (χ3n) is 2.31. The lowest BCUT2D eigenvalue weighted by atomic mass is 10.0. The van der Waals surface area contributed by atoms with Crippen LogP contribution in [-0.4, -0.2) is 20.9 Å². The summed E-state index contributed by atoms with van der Waals surface area (Å²) in [4.78, 5) is 11.0. The molecule has 0 atom stereocenters. The lowest BCUT2D eigenvalue weighted by Gasteiger charge is -2.06. The molecule has 1 aromatic carbocycles. The summed E-state index contributed by atoms with van der Waals surface area (Å²) in [6.07, 6.45) is 1.56. The second-order valence-corrected chi connectivity index (χ2v) is 3.34. The fraction of sp³-hybridized carbons (Fsp3) is 0.0909. The molecule has 0 amide bonds. The Morgan fingerprint density at radius 2 is 2.19 bits per heavy atom. The maximum atomic E-state index is 13.0. The second kappa shape index (κ2) is 3.77. The molecule has 0 aliphatic heterocycles. The predicted molar refractivity (Wildman–Crippen MR) is 55.6 cm³/mol. The number of halogens is 1. The first-order valence-corrected chi connectivity index (χ1v) is 4.61. The zero-order valence-electron chi connectivity index (χ0n) is 8.51. The highest BCUT2D eigenvalue weighted by molar-refractivity contribution is 5.95. The van der Waals surface area contributed by atoms with E-state index in [-0.39, 0.29) is 5.56 Å². The van der Waals surface area contributed by atoms with Crippen molar-refractivity contribution in [1.82, 2.24) is 9.78 Å². The van der Waals surface area contributed by atoms with Crippen molar-refractivity contribution in [3.63, 3.8) is 0 Å². The Balaban J connectivity index is 2.65. The first-order valence-electron chi connectivity index (χ1n) is 4.61. The third-order valence-corrected chi connectivity index (χ3v) is 2.31. The van der Waals surface area contributed by atoms with Gasteiger partial charge in [0.05, 0.1) is 11.3 Å². The van der Waals surface area contributed by atoms with Crippen molar-refractivity contribution in [2.45, 2.75) is 0 Å². The van der Waals surface area contributed by atoms with Gasteiger partial charge in [0, 0.05) is 18.8 Å². The summed E-state index contributed by atoms with van der Waals surface area (Å²) in [5.41, 5.74) is 1.02. The van der Waals surface area contributed by atoms with E-state index in [4.69, 9.17) is 5.11 Å². The molecule has 5 heteroatoms. The van der Waals surface area contributed by atoms with E-state index in [9.17, 15) is 9.18 Å². The smallest absolute Gasteiger partial charge is 0.336 e. The lowest BCUT2D eigenvalue weighted by Crippen LogP contribution is -2.03. The standard InChI is InChI=1S/C11H9FN2O2/c1-14-10(4-5-13-14)8-3-2-7(12)6-9(8)11(15)16/h2-6H,1H3,(H,15,16). The van der Waals surface area contributed by atoms with Gasteiger partial charge in [0.1, 0.15) is 5.82 Å². The van der Waals surface area contributed by atoms with Crippen LogP contribution in [0.4, 0.5) is 4.39 Å². The van der Waals surface area contributed by atoms with Crippen LogP contribution in [0.15, 0.2) is 30.5 Å². The van der Waals surface area contributed by atoms with Crippen molar-refractivity contribution < 1.29 is 14.3 Å². The quantitative estimate of drug-likeness (QED) is 0.841. The summed E-state index contributed by atoms with van der Waals surface area (Å²) < 4.78 is 14.5. The highest BCUT2D eigenvalue weighted by Crippen LogP contribution is 2.23. The Bertz CT molecular complexity index is 549. The summed E-state index contributed by atoms with van der Waals surface area (Å²) in [6.45, 7) is 0. The average molecular weight is 220 g/mol. The van der Waals surface area contributed by atoms with Crippen LogP contribution in [-0.2, 0) is 7.05 Å². The first-order chi connectivity index (χ1) is 7.59. The number of nitrogens with zero attached hydrogens (tertiary/aromatic N) is 2. The minimum absolute atomic E-state index is 0.0661. The Kier molecular flexibility index (Phi) is 2.44. The van der Waals surface area contributed by atoms with E-state index in [0.29, 0.717) is 11.3 Å². The molecule has 0 saturated carbocycles. The monoisotopic (exact) mass is 220 g/mol. The van der Waals surface area contributed by atoms with Gasteiger partial charge in [-0.2, -0.15) is 5.10 Å². The van der Waals surface area contributed by atoms with E-state index in [1.807, 2.05) is 0 Å². The van der Waals surface area contributed by atoms with Crippen molar-refractivity contribution in [3.05, 3.63) is 41.8 Å². The van der Waals surface area contributed by atoms with E-state index in [1.54, 1.807) is 24.0 Å². The fourth-order valence-corrected chi connectivity index (χ4v) is 1.55. The van der Waals surface area contributed by atoms with E-state index in [0.717, 1.165) is 6.07 Å². The number of aryl methyl sites for hydroxylation is 1. The minimum atomic E-state index is -1.16. The van der Waals surface area contributed by atoms with Crippen LogP contribution in [0.5, 0.6) is 0 Å². The van der Waals surface area contributed by atoms with Gasteiger partial charge < -0.3 is 5.11 Å². The topological polar surface area (TPSA) is 55.1 Å². The SMILES string of the molecule is Cn1nccc1-c1ccc(F)cc1C(=O)O. The lowest BCUT2D eigenvalue weighted by molar-refractivity contribution is 0.0697. The molecule has 16 heavy (non-hydrogen) atoms. The number of aromatic nitrogens is 2. The fourth-order valence-electron chi connectivity index (χ4n) is 1.55. The van der Waals surface area contributed by atoms with Crippen LogP contribution in [0.2, 0.25) is 0 Å². The molecular formula is C11H9FN2O2. The molecule has 0 aliphatic rings. The van der Waals surface area contributed by atoms with Gasteiger partial charge in [0.15, 0.2) is 0 Å². The Hall–Kier alpha value is -2.17. The first kappa shape index (κ1) is 10.4. The van der Waals surface area contributed by atoms with E-state index < -0.39 is 11.8 Å². The average Bonchev–Trinajstić information content (AvgIpc) is 2.64. The molecule has 2 aromatic rings. The molecule has 4 nitrogen and oxygen atoms in total. The van der Waals surface area contributed by atoms with Crippen LogP contribution in [0.3, 0.4) is 0 Å². The van der Waals surface area contributed by atoms with Crippen LogP contribution in [0.1, 0.15) is 10.4 Å². The molecule has 1 heterocycles. The summed E-state index contributed by atoms with van der Waals surface area (Å²) in [5, 5.41) is 12.9. The molecule has 1 N–H and O–H groups in total. The molecule has 0 bridgehead atoms. The van der Waals surface area contributed by atoms with Gasteiger partial charge in [-0.1, -0.05) is 0 Å². The molecule has 1 aromatic heterocycles. The van der Waals surface area contributed by atoms with Gasteiger partial charge in [0.25, 0.3) is 0 Å². The molecule has 2 rings (SSSR count). The number of carboxylic acids is 1. The summed E-state index contributed by atoms with van der Waals surface area (Å²) >= 11 is 0. The molecule has 82 valence electrons. The number of hydrogen-bond donors (Lipinski definition) is 1. The van der Waals surface area contributed by atoms with Crippen molar-refractivity contribution >= 4 is 5.97 Å². The van der Waals surface area contributed by atoms with Gasteiger partial charge in [-0.25, -0.2) is 9.18 Å². The molecule has 0 aliphatic carbocycles. The molecule has 0 spiro atoms. The highest BCUT2D eigenvalue weighted by atomic mass is 19.1. The van der Waals surface area contributed by atoms with Crippen molar-refractivity contribution in [2.24, 2.45) is 7.05 Å². The van der Waals surface area contributed by atoms with E-state index in [2.05, 4.69) is 5.10 Å². The minimum Gasteiger partial charge on any atom is -0.478 e. The maximum Gasteiger partial charge on any atom is 0.336 e. The number of rotatable bonds is 2. The summed E-state index contributed by atoms with van der Waals surface area (Å²) in [7, 11) is 1.70. The summed E-state index contributed by atoms with van der Waals surface area (Å²) in [6, 6.07) is 5.36. The Labute approximate surface area is 90.9 Å².